The molecule has 1 aliphatic heterocycles. The molecule has 1 atom stereocenters. The number of aliphatic hydroxyl groups is 1. The van der Waals surface area contributed by atoms with E-state index in [1.54, 1.807) is 0 Å². The lowest BCUT2D eigenvalue weighted by atomic mass is 10.0. The summed E-state index contributed by atoms with van der Waals surface area (Å²) in [6.07, 6.45) is 4.28. The number of piperidine rings is 1. The van der Waals surface area contributed by atoms with Crippen LogP contribution in [-0.4, -0.2) is 30.6 Å². The van der Waals surface area contributed by atoms with Crippen LogP contribution in [0.2, 0.25) is 0 Å². The fourth-order valence-corrected chi connectivity index (χ4v) is 2.79. The van der Waals surface area contributed by atoms with Crippen LogP contribution < -0.4 is 4.90 Å². The molecule has 2 rings (SSSR count). The summed E-state index contributed by atoms with van der Waals surface area (Å²) in [7, 11) is 0. The van der Waals surface area contributed by atoms with Crippen molar-refractivity contribution in [2.75, 3.05) is 18.1 Å². The Morgan fingerprint density at radius 3 is 3.13 bits per heavy atom. The smallest absolute Gasteiger partial charge is 0.160 e. The van der Waals surface area contributed by atoms with Gasteiger partial charge in [0, 0.05) is 17.6 Å². The monoisotopic (exact) mass is 225 g/mol. The SMILES string of the molecule is O=Cc1cc(N2CCCCC2CO)cs1. The van der Waals surface area contributed by atoms with Crippen LogP contribution in [0.3, 0.4) is 0 Å². The number of thiophene rings is 1. The molecule has 1 aromatic rings. The van der Waals surface area contributed by atoms with Crippen molar-refractivity contribution in [2.45, 2.75) is 25.3 Å². The zero-order valence-corrected chi connectivity index (χ0v) is 9.37. The molecule has 1 fully saturated rings. The summed E-state index contributed by atoms with van der Waals surface area (Å²) in [6, 6.07) is 2.14. The Kier molecular flexibility index (Phi) is 3.38. The van der Waals surface area contributed by atoms with Gasteiger partial charge in [0.2, 0.25) is 0 Å². The van der Waals surface area contributed by atoms with Crippen molar-refractivity contribution < 1.29 is 9.90 Å². The number of carbonyl (C=O) groups excluding carboxylic acids is 1. The van der Waals surface area contributed by atoms with E-state index in [0.29, 0.717) is 0 Å². The molecule has 2 heterocycles. The molecule has 0 aliphatic carbocycles. The first-order valence-corrected chi connectivity index (χ1v) is 6.14. The van der Waals surface area contributed by atoms with Crippen molar-refractivity contribution in [1.29, 1.82) is 0 Å². The zero-order valence-electron chi connectivity index (χ0n) is 8.56. The molecular weight excluding hydrogens is 210 g/mol. The maximum atomic E-state index is 10.6. The summed E-state index contributed by atoms with van der Waals surface area (Å²) in [5.41, 5.74) is 1.08. The Hall–Kier alpha value is -0.870. The Balaban J connectivity index is 2.16. The minimum Gasteiger partial charge on any atom is -0.394 e. The maximum absolute atomic E-state index is 10.6. The average molecular weight is 225 g/mol. The van der Waals surface area contributed by atoms with E-state index in [4.69, 9.17) is 0 Å². The second-order valence-corrected chi connectivity index (χ2v) is 4.79. The van der Waals surface area contributed by atoms with Gasteiger partial charge in [-0.3, -0.25) is 4.79 Å². The largest absolute Gasteiger partial charge is 0.394 e. The average Bonchev–Trinajstić information content (AvgIpc) is 2.77. The Bertz CT molecular complexity index is 337. The Morgan fingerprint density at radius 1 is 1.60 bits per heavy atom. The van der Waals surface area contributed by atoms with Crippen molar-refractivity contribution in [3.8, 4) is 0 Å². The van der Waals surface area contributed by atoms with Crippen molar-refractivity contribution in [3.63, 3.8) is 0 Å². The highest BCUT2D eigenvalue weighted by Crippen LogP contribution is 2.28. The van der Waals surface area contributed by atoms with Gasteiger partial charge in [0.05, 0.1) is 17.5 Å². The molecule has 0 aromatic carbocycles. The molecule has 1 aliphatic rings. The molecule has 0 bridgehead atoms. The second-order valence-electron chi connectivity index (χ2n) is 3.85. The molecule has 0 radical (unpaired) electrons. The van der Waals surface area contributed by atoms with Gasteiger partial charge in [0.15, 0.2) is 6.29 Å². The van der Waals surface area contributed by atoms with Gasteiger partial charge in [-0.2, -0.15) is 0 Å². The van der Waals surface area contributed by atoms with Crippen LogP contribution in [0.1, 0.15) is 28.9 Å². The molecule has 15 heavy (non-hydrogen) atoms. The van der Waals surface area contributed by atoms with Gasteiger partial charge < -0.3 is 10.0 Å². The van der Waals surface area contributed by atoms with Crippen LogP contribution in [0.15, 0.2) is 11.4 Å². The zero-order chi connectivity index (χ0) is 10.7. The van der Waals surface area contributed by atoms with Gasteiger partial charge in [0.25, 0.3) is 0 Å². The third kappa shape index (κ3) is 2.21. The number of anilines is 1. The number of rotatable bonds is 3. The number of nitrogens with zero attached hydrogens (tertiary/aromatic N) is 1. The number of hydrogen-bond donors (Lipinski definition) is 1. The number of hydrogen-bond acceptors (Lipinski definition) is 4. The van der Waals surface area contributed by atoms with Crippen LogP contribution in [0.4, 0.5) is 5.69 Å². The fourth-order valence-electron chi connectivity index (χ4n) is 2.08. The molecule has 1 aromatic heterocycles. The van der Waals surface area contributed by atoms with E-state index in [-0.39, 0.29) is 12.6 Å². The third-order valence-electron chi connectivity index (χ3n) is 2.89. The summed E-state index contributed by atoms with van der Waals surface area (Å²) in [5, 5.41) is 11.3. The summed E-state index contributed by atoms with van der Waals surface area (Å²) >= 11 is 1.46. The standard InChI is InChI=1S/C11H15NO2S/c13-6-9-3-1-2-4-12(9)10-5-11(7-14)15-8-10/h5,7-9,13H,1-4,6H2. The minimum atomic E-state index is 0.201. The normalized spacial score (nSPS) is 21.7. The van der Waals surface area contributed by atoms with Crippen LogP contribution in [0.5, 0.6) is 0 Å². The van der Waals surface area contributed by atoms with Gasteiger partial charge in [-0.1, -0.05) is 0 Å². The number of aldehydes is 1. The first-order valence-electron chi connectivity index (χ1n) is 5.26. The minimum absolute atomic E-state index is 0.201. The third-order valence-corrected chi connectivity index (χ3v) is 3.74. The predicted molar refractivity (Wildman–Crippen MR) is 61.8 cm³/mol. The van der Waals surface area contributed by atoms with Crippen molar-refractivity contribution in [1.82, 2.24) is 0 Å². The molecule has 4 heteroatoms. The predicted octanol–water partition coefficient (Wildman–Crippen LogP) is 1.91. The lowest BCUT2D eigenvalue weighted by Crippen LogP contribution is -2.41. The van der Waals surface area contributed by atoms with E-state index in [1.807, 2.05) is 11.4 Å². The van der Waals surface area contributed by atoms with Gasteiger partial charge in [0.1, 0.15) is 0 Å². The maximum Gasteiger partial charge on any atom is 0.160 e. The molecule has 0 spiro atoms. The lowest BCUT2D eigenvalue weighted by molar-refractivity contribution is 0.112. The quantitative estimate of drug-likeness (QED) is 0.799. The first kappa shape index (κ1) is 10.6. The number of carbonyl (C=O) groups is 1. The van der Waals surface area contributed by atoms with E-state index in [0.717, 1.165) is 29.8 Å². The van der Waals surface area contributed by atoms with E-state index in [2.05, 4.69) is 4.90 Å². The van der Waals surface area contributed by atoms with Gasteiger partial charge in [-0.05, 0) is 25.3 Å². The van der Waals surface area contributed by atoms with E-state index in [9.17, 15) is 9.90 Å². The van der Waals surface area contributed by atoms with Gasteiger partial charge in [-0.15, -0.1) is 11.3 Å². The molecule has 1 unspecified atom stereocenters. The molecule has 3 nitrogen and oxygen atoms in total. The molecular formula is C11H15NO2S. The van der Waals surface area contributed by atoms with Gasteiger partial charge in [-0.25, -0.2) is 0 Å². The Labute approximate surface area is 93.3 Å². The van der Waals surface area contributed by atoms with Gasteiger partial charge >= 0.3 is 0 Å². The lowest BCUT2D eigenvalue weighted by Gasteiger charge is -2.35. The van der Waals surface area contributed by atoms with Crippen molar-refractivity contribution in [2.24, 2.45) is 0 Å². The molecule has 0 amide bonds. The molecule has 0 saturated carbocycles. The summed E-state index contributed by atoms with van der Waals surface area (Å²) in [5.74, 6) is 0. The summed E-state index contributed by atoms with van der Waals surface area (Å²) in [6.45, 7) is 1.19. The summed E-state index contributed by atoms with van der Waals surface area (Å²) in [4.78, 5) is 13.6. The highest BCUT2D eigenvalue weighted by atomic mass is 32.1. The van der Waals surface area contributed by atoms with Crippen LogP contribution in [0, 0.1) is 0 Å². The molecule has 1 saturated heterocycles. The van der Waals surface area contributed by atoms with Crippen molar-refractivity contribution in [3.05, 3.63) is 16.3 Å². The van der Waals surface area contributed by atoms with E-state index >= 15 is 0 Å². The topological polar surface area (TPSA) is 40.5 Å². The fraction of sp³-hybridized carbons (Fsp3) is 0.545. The van der Waals surface area contributed by atoms with Crippen molar-refractivity contribution >= 4 is 23.3 Å². The highest BCUT2D eigenvalue weighted by Gasteiger charge is 2.22. The van der Waals surface area contributed by atoms with E-state index in [1.165, 1.54) is 24.2 Å². The Morgan fingerprint density at radius 2 is 2.47 bits per heavy atom. The highest BCUT2D eigenvalue weighted by molar-refractivity contribution is 7.12. The van der Waals surface area contributed by atoms with Crippen LogP contribution in [-0.2, 0) is 0 Å². The van der Waals surface area contributed by atoms with E-state index < -0.39 is 0 Å². The molecule has 1 N–H and O–H groups in total. The first-order chi connectivity index (χ1) is 7.35. The molecule has 82 valence electrons. The van der Waals surface area contributed by atoms with Crippen LogP contribution in [0.25, 0.3) is 0 Å². The van der Waals surface area contributed by atoms with Crippen LogP contribution >= 0.6 is 11.3 Å². The number of aliphatic hydroxyl groups excluding tert-OH is 1. The summed E-state index contributed by atoms with van der Waals surface area (Å²) < 4.78 is 0. The second kappa shape index (κ2) is 4.77.